The second kappa shape index (κ2) is 11.5. The first-order chi connectivity index (χ1) is 16.5. The first-order valence-corrected chi connectivity index (χ1v) is 13.0. The largest absolute Gasteiger partial charge is 0.369 e. The van der Waals surface area contributed by atoms with Crippen molar-refractivity contribution in [3.63, 3.8) is 0 Å². The molecule has 4 rings (SSSR count). The molecule has 0 aliphatic carbocycles. The number of amides is 1. The van der Waals surface area contributed by atoms with E-state index in [0.717, 1.165) is 54.2 Å². The summed E-state index contributed by atoms with van der Waals surface area (Å²) < 4.78 is 2.08. The van der Waals surface area contributed by atoms with Crippen molar-refractivity contribution in [2.75, 3.05) is 35.6 Å². The molecule has 1 amide bonds. The van der Waals surface area contributed by atoms with E-state index in [2.05, 4.69) is 74.9 Å². The quantitative estimate of drug-likeness (QED) is 0.421. The minimum absolute atomic E-state index is 0.0577. The predicted molar refractivity (Wildman–Crippen MR) is 140 cm³/mol. The summed E-state index contributed by atoms with van der Waals surface area (Å²) in [5, 5.41) is 12.7. The Kier molecular flexibility index (Phi) is 8.24. The average molecular weight is 479 g/mol. The Morgan fingerprint density at radius 3 is 2.41 bits per heavy atom. The maximum atomic E-state index is 12.7. The van der Waals surface area contributed by atoms with Crippen molar-refractivity contribution in [1.29, 1.82) is 0 Å². The Morgan fingerprint density at radius 2 is 1.76 bits per heavy atom. The van der Waals surface area contributed by atoms with Gasteiger partial charge in [-0.15, -0.1) is 10.2 Å². The van der Waals surface area contributed by atoms with E-state index >= 15 is 0 Å². The third-order valence-corrected chi connectivity index (χ3v) is 6.99. The lowest BCUT2D eigenvalue weighted by Crippen LogP contribution is -2.30. The highest BCUT2D eigenvalue weighted by Gasteiger charge is 2.20. The van der Waals surface area contributed by atoms with Gasteiger partial charge in [0.15, 0.2) is 11.0 Å². The summed E-state index contributed by atoms with van der Waals surface area (Å²) >= 11 is 1.41. The number of nitrogens with one attached hydrogen (secondary N) is 1. The topological polar surface area (TPSA) is 66.3 Å². The molecule has 2 heterocycles. The number of carbonyl (C=O) groups is 1. The molecule has 1 aromatic heterocycles. The van der Waals surface area contributed by atoms with Gasteiger partial charge in [0.1, 0.15) is 0 Å². The molecule has 3 aromatic rings. The van der Waals surface area contributed by atoms with E-state index in [1.807, 2.05) is 30.3 Å². The molecule has 1 N–H and O–H groups in total. The maximum Gasteiger partial charge on any atom is 0.234 e. The zero-order valence-electron chi connectivity index (χ0n) is 20.3. The fourth-order valence-electron chi connectivity index (χ4n) is 4.38. The van der Waals surface area contributed by atoms with E-state index in [0.29, 0.717) is 6.04 Å². The number of thioether (sulfide) groups is 1. The molecule has 1 aliphatic rings. The van der Waals surface area contributed by atoms with Crippen LogP contribution < -0.4 is 10.2 Å². The van der Waals surface area contributed by atoms with Crippen molar-refractivity contribution in [2.24, 2.45) is 0 Å². The molecule has 0 bridgehead atoms. The SMILES string of the molecule is CCN(c1ccc(NC(=O)CSc2nnc(CN3CCCC3)n2-c2ccccc2)cc1)C(C)C. The highest BCUT2D eigenvalue weighted by atomic mass is 32.2. The first kappa shape index (κ1) is 24.3. The number of aromatic nitrogens is 3. The summed E-state index contributed by atoms with van der Waals surface area (Å²) in [4.78, 5) is 17.4. The molecule has 7 nitrogen and oxygen atoms in total. The number of nitrogens with zero attached hydrogens (tertiary/aromatic N) is 5. The minimum atomic E-state index is -0.0577. The minimum Gasteiger partial charge on any atom is -0.369 e. The smallest absolute Gasteiger partial charge is 0.234 e. The van der Waals surface area contributed by atoms with Gasteiger partial charge in [0.2, 0.25) is 5.91 Å². The van der Waals surface area contributed by atoms with Crippen LogP contribution in [0.1, 0.15) is 39.4 Å². The first-order valence-electron chi connectivity index (χ1n) is 12.1. The van der Waals surface area contributed by atoms with Crippen LogP contribution in [0.3, 0.4) is 0 Å². The number of likely N-dealkylation sites (tertiary alicyclic amines) is 1. The molecule has 34 heavy (non-hydrogen) atoms. The van der Waals surface area contributed by atoms with Crippen LogP contribution in [0.25, 0.3) is 5.69 Å². The third kappa shape index (κ3) is 5.98. The number of hydrogen-bond donors (Lipinski definition) is 1. The van der Waals surface area contributed by atoms with E-state index in [-0.39, 0.29) is 11.7 Å². The average Bonchev–Trinajstić information content (AvgIpc) is 3.50. The van der Waals surface area contributed by atoms with Gasteiger partial charge >= 0.3 is 0 Å². The Hall–Kier alpha value is -2.84. The molecule has 2 aromatic carbocycles. The summed E-state index contributed by atoms with van der Waals surface area (Å²) in [6, 6.07) is 18.6. The Morgan fingerprint density at radius 1 is 1.06 bits per heavy atom. The number of hydrogen-bond acceptors (Lipinski definition) is 6. The number of benzene rings is 2. The lowest BCUT2D eigenvalue weighted by atomic mass is 10.2. The number of rotatable bonds is 10. The molecule has 1 fully saturated rings. The molecule has 0 atom stereocenters. The third-order valence-electron chi connectivity index (χ3n) is 6.06. The molecule has 8 heteroatoms. The molecule has 1 aliphatic heterocycles. The van der Waals surface area contributed by atoms with Crippen LogP contribution in [-0.4, -0.2) is 57.0 Å². The number of para-hydroxylation sites is 1. The molecule has 0 spiro atoms. The monoisotopic (exact) mass is 478 g/mol. The Bertz CT molecular complexity index is 1060. The van der Waals surface area contributed by atoms with E-state index in [4.69, 9.17) is 0 Å². The summed E-state index contributed by atoms with van der Waals surface area (Å²) in [5.74, 6) is 1.12. The van der Waals surface area contributed by atoms with Gasteiger partial charge in [-0.05, 0) is 83.1 Å². The van der Waals surface area contributed by atoms with Crippen molar-refractivity contribution < 1.29 is 4.79 Å². The molecular formula is C26H34N6OS. The van der Waals surface area contributed by atoms with E-state index in [9.17, 15) is 4.79 Å². The highest BCUT2D eigenvalue weighted by Crippen LogP contribution is 2.25. The van der Waals surface area contributed by atoms with E-state index in [1.165, 1.54) is 24.6 Å². The highest BCUT2D eigenvalue weighted by molar-refractivity contribution is 7.99. The second-order valence-corrected chi connectivity index (χ2v) is 9.76. The van der Waals surface area contributed by atoms with Gasteiger partial charge in [0.25, 0.3) is 0 Å². The van der Waals surface area contributed by atoms with E-state index in [1.54, 1.807) is 0 Å². The predicted octanol–water partition coefficient (Wildman–Crippen LogP) is 4.83. The van der Waals surface area contributed by atoms with Crippen LogP contribution in [0.2, 0.25) is 0 Å². The molecule has 0 saturated carbocycles. The summed E-state index contributed by atoms with van der Waals surface area (Å²) in [6.07, 6.45) is 2.46. The van der Waals surface area contributed by atoms with Crippen molar-refractivity contribution in [2.45, 2.75) is 51.4 Å². The molecular weight excluding hydrogens is 444 g/mol. The normalized spacial score (nSPS) is 14.0. The zero-order valence-corrected chi connectivity index (χ0v) is 21.1. The zero-order chi connectivity index (χ0) is 23.9. The molecule has 0 radical (unpaired) electrons. The molecule has 180 valence electrons. The van der Waals surface area contributed by atoms with Gasteiger partial charge in [0, 0.05) is 29.6 Å². The fourth-order valence-corrected chi connectivity index (χ4v) is 5.15. The Balaban J connectivity index is 1.42. The summed E-state index contributed by atoms with van der Waals surface area (Å²) in [5.41, 5.74) is 2.98. The van der Waals surface area contributed by atoms with Crippen molar-refractivity contribution in [3.8, 4) is 5.69 Å². The van der Waals surface area contributed by atoms with Crippen molar-refractivity contribution >= 4 is 29.0 Å². The van der Waals surface area contributed by atoms with Gasteiger partial charge < -0.3 is 10.2 Å². The van der Waals surface area contributed by atoms with Crippen LogP contribution >= 0.6 is 11.8 Å². The lowest BCUT2D eigenvalue weighted by molar-refractivity contribution is -0.113. The van der Waals surface area contributed by atoms with Crippen molar-refractivity contribution in [3.05, 3.63) is 60.4 Å². The summed E-state index contributed by atoms with van der Waals surface area (Å²) in [6.45, 7) is 10.4. The van der Waals surface area contributed by atoms with Gasteiger partial charge in [-0.2, -0.15) is 0 Å². The lowest BCUT2D eigenvalue weighted by Gasteiger charge is -2.27. The van der Waals surface area contributed by atoms with E-state index < -0.39 is 0 Å². The molecule has 1 saturated heterocycles. The summed E-state index contributed by atoms with van der Waals surface area (Å²) in [7, 11) is 0. The second-order valence-electron chi connectivity index (χ2n) is 8.82. The number of anilines is 2. The van der Waals surface area contributed by atoms with Crippen LogP contribution in [-0.2, 0) is 11.3 Å². The van der Waals surface area contributed by atoms with Gasteiger partial charge in [-0.25, -0.2) is 0 Å². The van der Waals surface area contributed by atoms with Gasteiger partial charge in [-0.1, -0.05) is 30.0 Å². The van der Waals surface area contributed by atoms with Crippen LogP contribution in [0.4, 0.5) is 11.4 Å². The van der Waals surface area contributed by atoms with Gasteiger partial charge in [0.05, 0.1) is 12.3 Å². The van der Waals surface area contributed by atoms with Crippen LogP contribution in [0, 0.1) is 0 Å². The number of carbonyl (C=O) groups excluding carboxylic acids is 1. The van der Waals surface area contributed by atoms with Crippen LogP contribution in [0.5, 0.6) is 0 Å². The maximum absolute atomic E-state index is 12.7. The van der Waals surface area contributed by atoms with Crippen LogP contribution in [0.15, 0.2) is 59.8 Å². The standard InChI is InChI=1S/C26H34N6OS/c1-4-31(20(2)3)22-14-12-21(13-15-22)27-25(33)19-34-26-29-28-24(18-30-16-8-9-17-30)32(26)23-10-6-5-7-11-23/h5-7,10-15,20H,4,8-9,16-19H2,1-3H3,(H,27,33). The van der Waals surface area contributed by atoms with Crippen molar-refractivity contribution in [1.82, 2.24) is 19.7 Å². The molecule has 0 unspecified atom stereocenters. The Labute approximate surface area is 206 Å². The van der Waals surface area contributed by atoms with Gasteiger partial charge in [-0.3, -0.25) is 14.3 Å². The fraction of sp³-hybridized carbons (Fsp3) is 0.423.